The summed E-state index contributed by atoms with van der Waals surface area (Å²) in [7, 11) is 2.26. The predicted molar refractivity (Wildman–Crippen MR) is 102 cm³/mol. The summed E-state index contributed by atoms with van der Waals surface area (Å²) in [6.45, 7) is 9.82. The van der Waals surface area contributed by atoms with Gasteiger partial charge in [0.25, 0.3) is 0 Å². The minimum atomic E-state index is 0.534. The van der Waals surface area contributed by atoms with Crippen LogP contribution >= 0.6 is 0 Å². The lowest BCUT2D eigenvalue weighted by molar-refractivity contribution is 0.252. The Balaban J connectivity index is 1.52. The highest BCUT2D eigenvalue weighted by molar-refractivity contribution is 5.48. The number of allylic oxidation sites excluding steroid dienone is 7. The quantitative estimate of drug-likeness (QED) is 0.632. The van der Waals surface area contributed by atoms with E-state index in [4.69, 9.17) is 0 Å². The maximum Gasteiger partial charge on any atom is 0.0332 e. The van der Waals surface area contributed by atoms with Gasteiger partial charge >= 0.3 is 0 Å². The molecule has 4 aliphatic rings. The summed E-state index contributed by atoms with van der Waals surface area (Å²) < 4.78 is 0. The van der Waals surface area contributed by atoms with Crippen LogP contribution in [0.2, 0.25) is 0 Å². The number of rotatable bonds is 5. The first-order valence-electron chi connectivity index (χ1n) is 9.78. The largest absolute Gasteiger partial charge is 0.375 e. The van der Waals surface area contributed by atoms with Crippen LogP contribution in [0.3, 0.4) is 0 Å². The highest BCUT2D eigenvalue weighted by atomic mass is 15.1. The lowest BCUT2D eigenvalue weighted by Gasteiger charge is -2.37. The van der Waals surface area contributed by atoms with E-state index < -0.39 is 0 Å². The fourth-order valence-corrected chi connectivity index (χ4v) is 5.74. The zero-order valence-corrected chi connectivity index (χ0v) is 15.1. The Kier molecular flexibility index (Phi) is 4.28. The molecular formula is C23H31N. The molecule has 4 aliphatic carbocycles. The van der Waals surface area contributed by atoms with E-state index in [1.165, 1.54) is 55.5 Å². The fourth-order valence-electron chi connectivity index (χ4n) is 5.74. The molecule has 2 fully saturated rings. The van der Waals surface area contributed by atoms with Gasteiger partial charge in [-0.1, -0.05) is 49.5 Å². The highest BCUT2D eigenvalue weighted by Gasteiger charge is 2.40. The lowest BCUT2D eigenvalue weighted by atomic mass is 9.74. The molecule has 0 aromatic carbocycles. The van der Waals surface area contributed by atoms with Crippen LogP contribution in [-0.4, -0.2) is 18.5 Å². The number of nitrogens with zero attached hydrogens (tertiary/aromatic N) is 1. The van der Waals surface area contributed by atoms with Crippen LogP contribution < -0.4 is 0 Å². The second-order valence-electron chi connectivity index (χ2n) is 8.36. The summed E-state index contributed by atoms with van der Waals surface area (Å²) in [5, 5.41) is 0. The molecule has 2 bridgehead atoms. The summed E-state index contributed by atoms with van der Waals surface area (Å²) in [5.74, 6) is 3.43. The molecule has 0 amide bonds. The van der Waals surface area contributed by atoms with E-state index in [9.17, 15) is 0 Å². The number of likely N-dealkylation sites (N-methyl/N-ethyl adjacent to an activating group) is 1. The Morgan fingerprint density at radius 3 is 2.88 bits per heavy atom. The lowest BCUT2D eigenvalue weighted by Crippen LogP contribution is -2.31. The van der Waals surface area contributed by atoms with E-state index >= 15 is 0 Å². The van der Waals surface area contributed by atoms with E-state index in [2.05, 4.69) is 49.4 Å². The minimum Gasteiger partial charge on any atom is -0.375 e. The summed E-state index contributed by atoms with van der Waals surface area (Å²) in [5.41, 5.74) is 5.74. The predicted octanol–water partition coefficient (Wildman–Crippen LogP) is 5.65. The van der Waals surface area contributed by atoms with Crippen molar-refractivity contribution in [2.45, 2.75) is 44.9 Å². The van der Waals surface area contributed by atoms with Gasteiger partial charge < -0.3 is 4.90 Å². The van der Waals surface area contributed by atoms with Gasteiger partial charge in [0.1, 0.15) is 0 Å². The molecule has 128 valence electrons. The van der Waals surface area contributed by atoms with Crippen molar-refractivity contribution in [2.24, 2.45) is 23.7 Å². The SMILES string of the molecule is C=CC1=C(C(=C)N(C)CC2CC3CCC2C3)C2CC=CC=C2CC1. The minimum absolute atomic E-state index is 0.534. The van der Waals surface area contributed by atoms with E-state index in [0.717, 1.165) is 30.6 Å². The van der Waals surface area contributed by atoms with Crippen molar-refractivity contribution in [3.63, 3.8) is 0 Å². The van der Waals surface area contributed by atoms with E-state index in [0.29, 0.717) is 5.92 Å². The molecule has 24 heavy (non-hydrogen) atoms. The van der Waals surface area contributed by atoms with E-state index in [1.54, 1.807) is 5.57 Å². The normalized spacial score (nSPS) is 34.1. The Bertz CT molecular complexity index is 632. The van der Waals surface area contributed by atoms with Crippen LogP contribution in [0.1, 0.15) is 44.9 Å². The molecule has 1 heteroatoms. The van der Waals surface area contributed by atoms with Crippen LogP contribution in [0.4, 0.5) is 0 Å². The number of hydrogen-bond acceptors (Lipinski definition) is 1. The zero-order valence-electron chi connectivity index (χ0n) is 15.1. The van der Waals surface area contributed by atoms with Crippen LogP contribution in [0, 0.1) is 23.7 Å². The van der Waals surface area contributed by atoms with Crippen molar-refractivity contribution in [2.75, 3.05) is 13.6 Å². The second-order valence-corrected chi connectivity index (χ2v) is 8.36. The van der Waals surface area contributed by atoms with Crippen molar-refractivity contribution in [3.8, 4) is 0 Å². The van der Waals surface area contributed by atoms with Crippen LogP contribution in [0.5, 0.6) is 0 Å². The van der Waals surface area contributed by atoms with Gasteiger partial charge in [0, 0.05) is 25.2 Å². The third kappa shape index (κ3) is 2.72. The molecule has 4 unspecified atom stereocenters. The highest BCUT2D eigenvalue weighted by Crippen LogP contribution is 2.49. The maximum atomic E-state index is 4.54. The molecule has 0 spiro atoms. The fraction of sp³-hybridized carbons (Fsp3) is 0.565. The summed E-state index contributed by atoms with van der Waals surface area (Å²) >= 11 is 0. The second kappa shape index (κ2) is 6.43. The van der Waals surface area contributed by atoms with Crippen LogP contribution in [0.25, 0.3) is 0 Å². The van der Waals surface area contributed by atoms with Gasteiger partial charge in [0.05, 0.1) is 0 Å². The Morgan fingerprint density at radius 2 is 2.17 bits per heavy atom. The Morgan fingerprint density at radius 1 is 1.29 bits per heavy atom. The van der Waals surface area contributed by atoms with Crippen molar-refractivity contribution in [1.29, 1.82) is 0 Å². The number of fused-ring (bicyclic) bond motifs is 3. The van der Waals surface area contributed by atoms with Crippen LogP contribution in [-0.2, 0) is 0 Å². The van der Waals surface area contributed by atoms with Gasteiger partial charge in [-0.05, 0) is 67.4 Å². The van der Waals surface area contributed by atoms with Gasteiger partial charge in [0.2, 0.25) is 0 Å². The maximum absolute atomic E-state index is 4.54. The topological polar surface area (TPSA) is 3.24 Å². The molecule has 4 atom stereocenters. The molecule has 1 nitrogen and oxygen atoms in total. The molecule has 0 aliphatic heterocycles. The number of hydrogen-bond donors (Lipinski definition) is 0. The molecule has 0 heterocycles. The standard InChI is InChI=1S/C23H31N/c1-4-18-11-12-19-7-5-6-8-22(19)23(18)16(2)24(3)15-21-14-17-9-10-20(21)13-17/h4-7,17,20-22H,1-2,8-15H2,3H3. The first-order chi connectivity index (χ1) is 11.7. The summed E-state index contributed by atoms with van der Waals surface area (Å²) in [6.07, 6.45) is 18.3. The molecule has 4 rings (SSSR count). The van der Waals surface area contributed by atoms with E-state index in [1.807, 2.05) is 0 Å². The molecule has 0 aromatic heterocycles. The van der Waals surface area contributed by atoms with Crippen molar-refractivity contribution in [1.82, 2.24) is 4.90 Å². The average Bonchev–Trinajstić information content (AvgIpc) is 3.23. The van der Waals surface area contributed by atoms with Gasteiger partial charge in [-0.3, -0.25) is 0 Å². The smallest absolute Gasteiger partial charge is 0.0332 e. The van der Waals surface area contributed by atoms with Gasteiger partial charge in [-0.15, -0.1) is 0 Å². The summed E-state index contributed by atoms with van der Waals surface area (Å²) in [4.78, 5) is 2.46. The van der Waals surface area contributed by atoms with Crippen LogP contribution in [0.15, 0.2) is 59.9 Å². The van der Waals surface area contributed by atoms with Gasteiger partial charge in [-0.25, -0.2) is 0 Å². The molecule has 0 radical (unpaired) electrons. The third-order valence-electron chi connectivity index (χ3n) is 7.05. The average molecular weight is 322 g/mol. The molecular weight excluding hydrogens is 290 g/mol. The zero-order chi connectivity index (χ0) is 16.7. The molecule has 0 saturated heterocycles. The van der Waals surface area contributed by atoms with Crippen molar-refractivity contribution >= 4 is 0 Å². The Labute approximate surface area is 147 Å². The first kappa shape index (κ1) is 16.0. The first-order valence-corrected chi connectivity index (χ1v) is 9.78. The van der Waals surface area contributed by atoms with Gasteiger partial charge in [0.15, 0.2) is 0 Å². The van der Waals surface area contributed by atoms with E-state index in [-0.39, 0.29) is 0 Å². The third-order valence-corrected chi connectivity index (χ3v) is 7.05. The summed E-state index contributed by atoms with van der Waals surface area (Å²) in [6, 6.07) is 0. The molecule has 2 saturated carbocycles. The molecule has 0 aromatic rings. The monoisotopic (exact) mass is 321 g/mol. The molecule has 0 N–H and O–H groups in total. The van der Waals surface area contributed by atoms with Crippen molar-refractivity contribution in [3.05, 3.63) is 59.9 Å². The Hall–Kier alpha value is -1.50. The van der Waals surface area contributed by atoms with Gasteiger partial charge in [-0.2, -0.15) is 0 Å². The van der Waals surface area contributed by atoms with Crippen molar-refractivity contribution < 1.29 is 0 Å².